The predicted octanol–water partition coefficient (Wildman–Crippen LogP) is 3.35. The highest BCUT2D eigenvalue weighted by atomic mass is 35.5. The van der Waals surface area contributed by atoms with Gasteiger partial charge in [-0.3, -0.25) is 9.78 Å². The molecule has 144 valence electrons. The number of nitrogens with zero attached hydrogens (tertiary/aromatic N) is 2. The molecule has 2 aliphatic carbocycles. The van der Waals surface area contributed by atoms with E-state index in [1.807, 2.05) is 29.2 Å². The Bertz CT molecular complexity index is 883. The number of aromatic nitrogens is 1. The molecule has 3 aliphatic rings. The Hall–Kier alpha value is -1.85. The molecular formula is C21H26ClN3O2. The normalized spacial score (nSPS) is 26.7. The van der Waals surface area contributed by atoms with E-state index in [1.165, 1.54) is 12.8 Å². The number of methoxy groups -OCH3 is 1. The zero-order chi connectivity index (χ0) is 17.8. The molecule has 1 saturated heterocycles. The van der Waals surface area contributed by atoms with E-state index in [0.717, 1.165) is 53.8 Å². The first-order valence-corrected chi connectivity index (χ1v) is 9.67. The van der Waals surface area contributed by atoms with Crippen LogP contribution in [-0.4, -0.2) is 42.0 Å². The van der Waals surface area contributed by atoms with Crippen LogP contribution in [0.15, 0.2) is 24.3 Å². The number of pyridine rings is 1. The lowest BCUT2D eigenvalue weighted by atomic mass is 9.98. The van der Waals surface area contributed by atoms with Gasteiger partial charge >= 0.3 is 0 Å². The summed E-state index contributed by atoms with van der Waals surface area (Å²) < 4.78 is 5.38. The second-order valence-corrected chi connectivity index (χ2v) is 8.13. The fourth-order valence-electron chi connectivity index (χ4n) is 4.76. The molecule has 3 atom stereocenters. The van der Waals surface area contributed by atoms with Crippen LogP contribution >= 0.6 is 12.4 Å². The third-order valence-corrected chi connectivity index (χ3v) is 6.46. The number of fused-ring (bicyclic) bond motifs is 2. The van der Waals surface area contributed by atoms with Gasteiger partial charge < -0.3 is 15.4 Å². The van der Waals surface area contributed by atoms with Crippen LogP contribution in [0.2, 0.25) is 0 Å². The second kappa shape index (κ2) is 6.95. The van der Waals surface area contributed by atoms with E-state index in [-0.39, 0.29) is 24.4 Å². The molecule has 0 radical (unpaired) electrons. The first-order chi connectivity index (χ1) is 12.6. The molecule has 5 rings (SSSR count). The fraction of sp³-hybridized carbons (Fsp3) is 0.524. The Kier molecular flexibility index (Phi) is 4.77. The van der Waals surface area contributed by atoms with Crippen molar-refractivity contribution in [1.82, 2.24) is 9.88 Å². The summed E-state index contributed by atoms with van der Waals surface area (Å²) >= 11 is 0. The molecule has 1 aliphatic heterocycles. The van der Waals surface area contributed by atoms with Crippen LogP contribution in [0.5, 0.6) is 5.75 Å². The summed E-state index contributed by atoms with van der Waals surface area (Å²) in [5.41, 5.74) is 8.97. The molecule has 6 heteroatoms. The summed E-state index contributed by atoms with van der Waals surface area (Å²) in [6.07, 6.45) is 4.59. The lowest BCUT2D eigenvalue weighted by molar-refractivity contribution is 0.0781. The SMILES string of the molecule is COc1ccc2nc(C3CC3)cc(C(=O)N3CC4CCC(N)C4C3)c2c1.Cl. The van der Waals surface area contributed by atoms with Crippen LogP contribution in [0.4, 0.5) is 0 Å². The summed E-state index contributed by atoms with van der Waals surface area (Å²) in [6, 6.07) is 8.09. The van der Waals surface area contributed by atoms with Gasteiger partial charge in [0.2, 0.25) is 0 Å². The first-order valence-electron chi connectivity index (χ1n) is 9.67. The molecular weight excluding hydrogens is 362 g/mol. The standard InChI is InChI=1S/C21H25N3O2.ClH/c1-26-14-5-7-19-15(8-14)16(9-20(23-19)12-2-3-12)21(25)24-10-13-4-6-18(22)17(13)11-24;/h5,7-9,12-13,17-18H,2-4,6,10-11,22H2,1H3;1H. The lowest BCUT2D eigenvalue weighted by Crippen LogP contribution is -2.33. The quantitative estimate of drug-likeness (QED) is 0.876. The van der Waals surface area contributed by atoms with Crippen molar-refractivity contribution in [2.45, 2.75) is 37.6 Å². The minimum atomic E-state index is 0. The van der Waals surface area contributed by atoms with Crippen molar-refractivity contribution >= 4 is 29.2 Å². The molecule has 3 unspecified atom stereocenters. The zero-order valence-corrected chi connectivity index (χ0v) is 16.4. The Balaban J connectivity index is 0.00000180. The van der Waals surface area contributed by atoms with E-state index < -0.39 is 0 Å². The van der Waals surface area contributed by atoms with E-state index in [2.05, 4.69) is 0 Å². The van der Waals surface area contributed by atoms with Crippen molar-refractivity contribution in [1.29, 1.82) is 0 Å². The van der Waals surface area contributed by atoms with E-state index in [1.54, 1.807) is 7.11 Å². The van der Waals surface area contributed by atoms with Crippen molar-refractivity contribution in [3.8, 4) is 5.75 Å². The zero-order valence-electron chi connectivity index (χ0n) is 15.6. The topological polar surface area (TPSA) is 68.5 Å². The largest absolute Gasteiger partial charge is 0.497 e. The minimum Gasteiger partial charge on any atom is -0.497 e. The minimum absolute atomic E-state index is 0. The van der Waals surface area contributed by atoms with Gasteiger partial charge in [-0.1, -0.05) is 0 Å². The number of amides is 1. The summed E-state index contributed by atoms with van der Waals surface area (Å²) in [5, 5.41) is 0.889. The fourth-order valence-corrected chi connectivity index (χ4v) is 4.76. The first kappa shape index (κ1) is 18.5. The van der Waals surface area contributed by atoms with Crippen molar-refractivity contribution in [3.05, 3.63) is 35.5 Å². The van der Waals surface area contributed by atoms with Gasteiger partial charge in [-0.2, -0.15) is 0 Å². The van der Waals surface area contributed by atoms with Crippen molar-refractivity contribution < 1.29 is 9.53 Å². The van der Waals surface area contributed by atoms with Gasteiger partial charge in [0.25, 0.3) is 5.91 Å². The third kappa shape index (κ3) is 3.17. The monoisotopic (exact) mass is 387 g/mol. The molecule has 2 heterocycles. The predicted molar refractivity (Wildman–Crippen MR) is 108 cm³/mol. The highest BCUT2D eigenvalue weighted by molar-refractivity contribution is 6.06. The Morgan fingerprint density at radius 1 is 1.19 bits per heavy atom. The molecule has 0 spiro atoms. The number of ether oxygens (including phenoxy) is 1. The van der Waals surface area contributed by atoms with E-state index in [9.17, 15) is 4.79 Å². The number of rotatable bonds is 3. The average molecular weight is 388 g/mol. The molecule has 5 nitrogen and oxygen atoms in total. The molecule has 2 N–H and O–H groups in total. The van der Waals surface area contributed by atoms with E-state index in [4.69, 9.17) is 15.5 Å². The molecule has 1 aromatic heterocycles. The van der Waals surface area contributed by atoms with Crippen LogP contribution in [0.25, 0.3) is 10.9 Å². The molecule has 2 saturated carbocycles. The summed E-state index contributed by atoms with van der Waals surface area (Å²) in [5.74, 6) is 2.42. The highest BCUT2D eigenvalue weighted by Gasteiger charge is 2.43. The number of carbonyl (C=O) groups excluding carboxylic acids is 1. The molecule has 3 fully saturated rings. The van der Waals surface area contributed by atoms with Gasteiger partial charge in [0.05, 0.1) is 18.2 Å². The van der Waals surface area contributed by atoms with E-state index in [0.29, 0.717) is 17.8 Å². The third-order valence-electron chi connectivity index (χ3n) is 6.46. The molecule has 2 aromatic rings. The molecule has 27 heavy (non-hydrogen) atoms. The second-order valence-electron chi connectivity index (χ2n) is 8.13. The van der Waals surface area contributed by atoms with Gasteiger partial charge in [-0.15, -0.1) is 12.4 Å². The van der Waals surface area contributed by atoms with Crippen LogP contribution in [0.1, 0.15) is 47.7 Å². The van der Waals surface area contributed by atoms with Gasteiger partial charge in [0, 0.05) is 36.1 Å². The van der Waals surface area contributed by atoms with Gasteiger partial charge in [0.15, 0.2) is 0 Å². The van der Waals surface area contributed by atoms with Gasteiger partial charge in [-0.05, 0) is 61.8 Å². The summed E-state index contributed by atoms with van der Waals surface area (Å²) in [7, 11) is 1.65. The molecule has 0 bridgehead atoms. The maximum atomic E-state index is 13.4. The van der Waals surface area contributed by atoms with E-state index >= 15 is 0 Å². The van der Waals surface area contributed by atoms with Gasteiger partial charge in [-0.25, -0.2) is 0 Å². The summed E-state index contributed by atoms with van der Waals surface area (Å²) in [6.45, 7) is 1.63. The Labute approximate surface area is 165 Å². The van der Waals surface area contributed by atoms with Crippen molar-refractivity contribution in [2.75, 3.05) is 20.2 Å². The summed E-state index contributed by atoms with van der Waals surface area (Å²) in [4.78, 5) is 20.2. The smallest absolute Gasteiger partial charge is 0.254 e. The maximum absolute atomic E-state index is 13.4. The molecule has 1 aromatic carbocycles. The Morgan fingerprint density at radius 2 is 2.00 bits per heavy atom. The van der Waals surface area contributed by atoms with Crippen molar-refractivity contribution in [2.24, 2.45) is 17.6 Å². The number of nitrogens with two attached hydrogens (primary N) is 1. The van der Waals surface area contributed by atoms with Gasteiger partial charge in [0.1, 0.15) is 5.75 Å². The number of halogens is 1. The van der Waals surface area contributed by atoms with Crippen LogP contribution in [0.3, 0.4) is 0 Å². The lowest BCUT2D eigenvalue weighted by Gasteiger charge is -2.20. The number of likely N-dealkylation sites (tertiary alicyclic amines) is 1. The number of hydrogen-bond donors (Lipinski definition) is 1. The van der Waals surface area contributed by atoms with Crippen LogP contribution < -0.4 is 10.5 Å². The van der Waals surface area contributed by atoms with Crippen LogP contribution in [0, 0.1) is 11.8 Å². The maximum Gasteiger partial charge on any atom is 0.254 e. The van der Waals surface area contributed by atoms with Crippen molar-refractivity contribution in [3.63, 3.8) is 0 Å². The number of hydrogen-bond acceptors (Lipinski definition) is 4. The number of carbonyl (C=O) groups is 1. The average Bonchev–Trinajstić information content (AvgIpc) is 3.34. The number of benzene rings is 1. The molecule has 1 amide bonds. The Morgan fingerprint density at radius 3 is 2.70 bits per heavy atom. The van der Waals surface area contributed by atoms with Crippen LogP contribution in [-0.2, 0) is 0 Å². The highest BCUT2D eigenvalue weighted by Crippen LogP contribution is 2.42.